The summed E-state index contributed by atoms with van der Waals surface area (Å²) in [7, 11) is 1.10. The summed E-state index contributed by atoms with van der Waals surface area (Å²) in [6.45, 7) is 1.51. The maximum absolute atomic E-state index is 13.6. The van der Waals surface area contributed by atoms with Gasteiger partial charge in [-0.3, -0.25) is 9.59 Å². The number of carbonyl (C=O) groups is 2. The molecule has 0 radical (unpaired) electrons. The number of aliphatic carboxylic acids is 1. The van der Waals surface area contributed by atoms with E-state index < -0.39 is 58.8 Å². The first kappa shape index (κ1) is 24.0. The number of alkyl halides is 3. The van der Waals surface area contributed by atoms with Crippen LogP contribution in [0.1, 0.15) is 29.4 Å². The summed E-state index contributed by atoms with van der Waals surface area (Å²) >= 11 is 0. The first-order chi connectivity index (χ1) is 15.4. The molecule has 1 amide bonds. The molecule has 0 spiro atoms. The number of rotatable bonds is 6. The summed E-state index contributed by atoms with van der Waals surface area (Å²) in [5.74, 6) is -6.38. The normalized spacial score (nSPS) is 16.8. The second-order valence-corrected chi connectivity index (χ2v) is 7.27. The van der Waals surface area contributed by atoms with E-state index in [2.05, 4.69) is 10.4 Å². The minimum absolute atomic E-state index is 0.159. The van der Waals surface area contributed by atoms with E-state index in [1.54, 1.807) is 6.08 Å². The predicted octanol–water partition coefficient (Wildman–Crippen LogP) is 4.21. The van der Waals surface area contributed by atoms with Crippen LogP contribution in [0.4, 0.5) is 22.0 Å². The highest BCUT2D eigenvalue weighted by Crippen LogP contribution is 2.37. The summed E-state index contributed by atoms with van der Waals surface area (Å²) in [5, 5.41) is 14.8. The van der Waals surface area contributed by atoms with Crippen molar-refractivity contribution >= 4 is 11.9 Å². The van der Waals surface area contributed by atoms with Gasteiger partial charge in [-0.2, -0.15) is 18.3 Å². The van der Waals surface area contributed by atoms with E-state index >= 15 is 0 Å². The molecule has 2 N–H and O–H groups in total. The van der Waals surface area contributed by atoms with Gasteiger partial charge in [-0.05, 0) is 31.1 Å². The molecule has 7 nitrogen and oxygen atoms in total. The Morgan fingerprint density at radius 3 is 2.52 bits per heavy atom. The van der Waals surface area contributed by atoms with Crippen molar-refractivity contribution in [2.75, 3.05) is 0 Å². The van der Waals surface area contributed by atoms with E-state index in [1.807, 2.05) is 0 Å². The molecule has 12 heteroatoms. The van der Waals surface area contributed by atoms with E-state index in [1.165, 1.54) is 19.1 Å². The fraction of sp³-hybridized carbons (Fsp3) is 0.286. The molecule has 0 saturated heterocycles. The van der Waals surface area contributed by atoms with Crippen molar-refractivity contribution in [1.82, 2.24) is 15.1 Å². The van der Waals surface area contributed by atoms with Crippen molar-refractivity contribution in [3.8, 4) is 11.6 Å². The standard InChI is InChI=1S/C21H18F5N3O4/c1-10(11-3-5-12(6-4-11)20(31)32)27-18(30)16-17(21(24,25)26)28-29(2)19(16)33-13-7-8-14(22)15(23)9-13/h3-5,7-10,12H,6H2,1-2H3,(H,27,30)(H,31,32). The van der Waals surface area contributed by atoms with Gasteiger partial charge in [0.15, 0.2) is 17.3 Å². The van der Waals surface area contributed by atoms with Crippen LogP contribution in [-0.4, -0.2) is 32.8 Å². The summed E-state index contributed by atoms with van der Waals surface area (Å²) < 4.78 is 73.3. The minimum atomic E-state index is -5.01. The number of hydrogen-bond donors (Lipinski definition) is 2. The van der Waals surface area contributed by atoms with Crippen LogP contribution in [0.3, 0.4) is 0 Å². The molecule has 2 unspecified atom stereocenters. The third-order valence-electron chi connectivity index (χ3n) is 4.89. The number of allylic oxidation sites excluding steroid dienone is 1. The van der Waals surface area contributed by atoms with Gasteiger partial charge in [0, 0.05) is 13.1 Å². The molecule has 0 saturated carbocycles. The van der Waals surface area contributed by atoms with Crippen LogP contribution in [0.25, 0.3) is 0 Å². The molecule has 176 valence electrons. The van der Waals surface area contributed by atoms with Crippen molar-refractivity contribution in [1.29, 1.82) is 0 Å². The number of halogens is 5. The number of hydrogen-bond acceptors (Lipinski definition) is 4. The Kier molecular flexibility index (Phi) is 6.56. The number of carboxylic acid groups (broad SMARTS) is 1. The van der Waals surface area contributed by atoms with Crippen LogP contribution in [0.2, 0.25) is 0 Å². The third kappa shape index (κ3) is 5.21. The Hall–Kier alpha value is -3.70. The molecule has 3 rings (SSSR count). The van der Waals surface area contributed by atoms with Gasteiger partial charge < -0.3 is 15.2 Å². The minimum Gasteiger partial charge on any atom is -0.481 e. The first-order valence-electron chi connectivity index (χ1n) is 9.57. The zero-order valence-electron chi connectivity index (χ0n) is 17.3. The maximum atomic E-state index is 13.6. The van der Waals surface area contributed by atoms with Gasteiger partial charge in [-0.25, -0.2) is 13.5 Å². The molecular formula is C21H18F5N3O4. The van der Waals surface area contributed by atoms with Gasteiger partial charge in [0.25, 0.3) is 5.91 Å². The van der Waals surface area contributed by atoms with Crippen molar-refractivity contribution in [3.63, 3.8) is 0 Å². The first-order valence-corrected chi connectivity index (χ1v) is 9.57. The van der Waals surface area contributed by atoms with Crippen LogP contribution in [0.15, 0.2) is 42.0 Å². The Balaban J connectivity index is 1.91. The number of carboxylic acids is 1. The zero-order valence-corrected chi connectivity index (χ0v) is 17.3. The smallest absolute Gasteiger partial charge is 0.436 e. The van der Waals surface area contributed by atoms with Gasteiger partial charge in [-0.1, -0.05) is 18.2 Å². The average Bonchev–Trinajstić information content (AvgIpc) is 3.07. The van der Waals surface area contributed by atoms with Crippen molar-refractivity contribution in [3.05, 3.63) is 64.9 Å². The molecule has 0 fully saturated rings. The monoisotopic (exact) mass is 471 g/mol. The Bertz CT molecular complexity index is 1150. The number of carbonyl (C=O) groups excluding carboxylic acids is 1. The topological polar surface area (TPSA) is 93.5 Å². The molecule has 1 heterocycles. The van der Waals surface area contributed by atoms with Gasteiger partial charge in [0.05, 0.1) is 12.0 Å². The zero-order chi connectivity index (χ0) is 24.5. The number of ether oxygens (including phenoxy) is 1. The van der Waals surface area contributed by atoms with Crippen molar-refractivity contribution in [2.45, 2.75) is 25.6 Å². The van der Waals surface area contributed by atoms with E-state index in [0.29, 0.717) is 16.3 Å². The van der Waals surface area contributed by atoms with Crippen LogP contribution in [-0.2, 0) is 18.0 Å². The second-order valence-electron chi connectivity index (χ2n) is 7.27. The molecule has 0 aliphatic heterocycles. The number of nitrogens with one attached hydrogen (secondary N) is 1. The molecular weight excluding hydrogens is 453 g/mol. The number of aryl methyl sites for hydroxylation is 1. The molecule has 1 aromatic heterocycles. The Morgan fingerprint density at radius 2 is 1.97 bits per heavy atom. The van der Waals surface area contributed by atoms with Gasteiger partial charge in [0.1, 0.15) is 11.3 Å². The number of nitrogens with zero attached hydrogens (tertiary/aromatic N) is 2. The van der Waals surface area contributed by atoms with Gasteiger partial charge in [0.2, 0.25) is 5.88 Å². The fourth-order valence-electron chi connectivity index (χ4n) is 3.17. The van der Waals surface area contributed by atoms with Crippen LogP contribution in [0, 0.1) is 17.6 Å². The number of amides is 1. The van der Waals surface area contributed by atoms with E-state index in [4.69, 9.17) is 9.84 Å². The van der Waals surface area contributed by atoms with Gasteiger partial charge in [-0.15, -0.1) is 0 Å². The molecule has 33 heavy (non-hydrogen) atoms. The molecule has 2 aromatic rings. The molecule has 1 aliphatic rings. The lowest BCUT2D eigenvalue weighted by atomic mass is 9.93. The third-order valence-corrected chi connectivity index (χ3v) is 4.89. The molecule has 0 bridgehead atoms. The SMILES string of the molecule is CC(NC(=O)c1c(C(F)(F)F)nn(C)c1Oc1ccc(F)c(F)c1)C1=CCC(C(=O)O)C=C1. The fourth-order valence-corrected chi connectivity index (χ4v) is 3.17. The quantitative estimate of drug-likeness (QED) is 0.616. The highest BCUT2D eigenvalue weighted by Gasteiger charge is 2.42. The number of aromatic nitrogens is 2. The molecule has 1 aliphatic carbocycles. The second kappa shape index (κ2) is 9.04. The Labute approximate surface area is 184 Å². The van der Waals surface area contributed by atoms with Crippen molar-refractivity contribution in [2.24, 2.45) is 13.0 Å². The molecule has 2 atom stereocenters. The van der Waals surface area contributed by atoms with Crippen LogP contribution >= 0.6 is 0 Å². The van der Waals surface area contributed by atoms with E-state index in [0.717, 1.165) is 19.2 Å². The summed E-state index contributed by atoms with van der Waals surface area (Å²) in [4.78, 5) is 23.9. The summed E-state index contributed by atoms with van der Waals surface area (Å²) in [6, 6.07) is 1.55. The lowest BCUT2D eigenvalue weighted by molar-refractivity contribution is -0.142. The highest BCUT2D eigenvalue weighted by atomic mass is 19.4. The lowest BCUT2D eigenvalue weighted by Crippen LogP contribution is -2.35. The van der Waals surface area contributed by atoms with Crippen LogP contribution in [0.5, 0.6) is 11.6 Å². The highest BCUT2D eigenvalue weighted by molar-refractivity contribution is 5.98. The van der Waals surface area contributed by atoms with E-state index in [-0.39, 0.29) is 12.2 Å². The lowest BCUT2D eigenvalue weighted by Gasteiger charge is -2.20. The average molecular weight is 471 g/mol. The largest absolute Gasteiger partial charge is 0.481 e. The Morgan fingerprint density at radius 1 is 1.27 bits per heavy atom. The maximum Gasteiger partial charge on any atom is 0.436 e. The van der Waals surface area contributed by atoms with Crippen molar-refractivity contribution < 1.29 is 41.4 Å². The summed E-state index contributed by atoms with van der Waals surface area (Å²) in [6.07, 6.45) is -0.395. The summed E-state index contributed by atoms with van der Waals surface area (Å²) in [5.41, 5.74) is -1.96. The van der Waals surface area contributed by atoms with Gasteiger partial charge >= 0.3 is 12.1 Å². The van der Waals surface area contributed by atoms with E-state index in [9.17, 15) is 31.5 Å². The van der Waals surface area contributed by atoms with Crippen LogP contribution < -0.4 is 10.1 Å². The number of benzene rings is 1. The molecule has 1 aromatic carbocycles. The predicted molar refractivity (Wildman–Crippen MR) is 105 cm³/mol.